The predicted octanol–water partition coefficient (Wildman–Crippen LogP) is 5.02. The average molecular weight is 364 g/mol. The molecule has 1 aliphatic carbocycles. The number of hydrogen-bond donors (Lipinski definition) is 0. The van der Waals surface area contributed by atoms with Crippen molar-refractivity contribution in [1.29, 1.82) is 0 Å². The summed E-state index contributed by atoms with van der Waals surface area (Å²) in [5, 5.41) is -0.0636. The molecule has 1 fully saturated rings. The van der Waals surface area contributed by atoms with E-state index in [-0.39, 0.29) is 16.4 Å². The maximum absolute atomic E-state index is 14.2. The van der Waals surface area contributed by atoms with Crippen LogP contribution in [0.1, 0.15) is 43.0 Å². The Kier molecular flexibility index (Phi) is 4.88. The minimum Gasteiger partial charge on any atom is -0.370 e. The molecule has 0 amide bonds. The number of carbonyl (C=O) groups excluding carboxylic acids is 1. The molecular weight excluding hydrogens is 347 g/mol. The Morgan fingerprint density at radius 1 is 1.45 bits per heavy atom. The van der Waals surface area contributed by atoms with Gasteiger partial charge in [-0.15, -0.1) is 0 Å². The molecule has 2 rings (SSSR count). The number of hydrogen-bond acceptors (Lipinski definition) is 2. The SMILES string of the molecule is COC1(C(=O)c2ccc(Br)c(Cl)c2F)CCC(C)CC1. The molecule has 2 nitrogen and oxygen atoms in total. The van der Waals surface area contributed by atoms with Crippen molar-refractivity contribution < 1.29 is 13.9 Å². The van der Waals surface area contributed by atoms with Gasteiger partial charge < -0.3 is 4.74 Å². The number of methoxy groups -OCH3 is 1. The third-order valence-electron chi connectivity index (χ3n) is 4.17. The number of ether oxygens (including phenoxy) is 1. The molecule has 1 aromatic carbocycles. The molecule has 0 bridgehead atoms. The van der Waals surface area contributed by atoms with Crippen molar-refractivity contribution in [1.82, 2.24) is 0 Å². The highest BCUT2D eigenvalue weighted by Gasteiger charge is 2.42. The first-order chi connectivity index (χ1) is 9.41. The van der Waals surface area contributed by atoms with Crippen molar-refractivity contribution in [3.8, 4) is 0 Å². The van der Waals surface area contributed by atoms with E-state index in [0.717, 1.165) is 12.8 Å². The largest absolute Gasteiger partial charge is 0.370 e. The Morgan fingerprint density at radius 2 is 2.05 bits per heavy atom. The zero-order valence-corrected chi connectivity index (χ0v) is 13.9. The Labute approximate surface area is 131 Å². The molecule has 1 aliphatic rings. The Balaban J connectivity index is 2.37. The minimum absolute atomic E-state index is 0.00889. The van der Waals surface area contributed by atoms with Crippen LogP contribution in [0.25, 0.3) is 0 Å². The second-order valence-corrected chi connectivity index (χ2v) is 6.67. The first-order valence-electron chi connectivity index (χ1n) is 6.65. The first-order valence-corrected chi connectivity index (χ1v) is 7.82. The maximum atomic E-state index is 14.2. The van der Waals surface area contributed by atoms with Crippen LogP contribution in [0.5, 0.6) is 0 Å². The van der Waals surface area contributed by atoms with Gasteiger partial charge in [-0.2, -0.15) is 0 Å². The normalized spacial score (nSPS) is 26.6. The summed E-state index contributed by atoms with van der Waals surface area (Å²) in [6, 6.07) is 3.06. The van der Waals surface area contributed by atoms with E-state index in [1.54, 1.807) is 6.07 Å². The van der Waals surface area contributed by atoms with Gasteiger partial charge in [0.15, 0.2) is 11.6 Å². The highest BCUT2D eigenvalue weighted by molar-refractivity contribution is 9.10. The van der Waals surface area contributed by atoms with Gasteiger partial charge in [-0.25, -0.2) is 4.39 Å². The van der Waals surface area contributed by atoms with Crippen LogP contribution in [-0.4, -0.2) is 18.5 Å². The lowest BCUT2D eigenvalue weighted by atomic mass is 9.75. The Hall–Kier alpha value is -0.450. The van der Waals surface area contributed by atoms with E-state index < -0.39 is 11.4 Å². The average Bonchev–Trinajstić information content (AvgIpc) is 2.46. The van der Waals surface area contributed by atoms with E-state index >= 15 is 0 Å². The van der Waals surface area contributed by atoms with Crippen molar-refractivity contribution in [2.24, 2.45) is 5.92 Å². The topological polar surface area (TPSA) is 26.3 Å². The third kappa shape index (κ3) is 2.78. The van der Waals surface area contributed by atoms with E-state index in [0.29, 0.717) is 23.2 Å². The van der Waals surface area contributed by atoms with Crippen molar-refractivity contribution in [3.63, 3.8) is 0 Å². The molecule has 0 aliphatic heterocycles. The Bertz CT molecular complexity index is 525. The van der Waals surface area contributed by atoms with Crippen LogP contribution in [0, 0.1) is 11.7 Å². The van der Waals surface area contributed by atoms with E-state index in [1.165, 1.54) is 13.2 Å². The summed E-state index contributed by atoms with van der Waals surface area (Å²) < 4.78 is 20.2. The third-order valence-corrected chi connectivity index (χ3v) is 5.42. The molecule has 20 heavy (non-hydrogen) atoms. The highest BCUT2D eigenvalue weighted by atomic mass is 79.9. The van der Waals surface area contributed by atoms with E-state index in [1.807, 2.05) is 0 Å². The van der Waals surface area contributed by atoms with Gasteiger partial charge in [0, 0.05) is 11.6 Å². The maximum Gasteiger partial charge on any atom is 0.197 e. The number of rotatable bonds is 3. The number of ketones is 1. The van der Waals surface area contributed by atoms with Gasteiger partial charge in [0.1, 0.15) is 5.60 Å². The lowest BCUT2D eigenvalue weighted by molar-refractivity contribution is -0.0265. The van der Waals surface area contributed by atoms with E-state index in [2.05, 4.69) is 22.9 Å². The van der Waals surface area contributed by atoms with Gasteiger partial charge in [-0.05, 0) is 59.7 Å². The van der Waals surface area contributed by atoms with Crippen LogP contribution < -0.4 is 0 Å². The molecule has 110 valence electrons. The van der Waals surface area contributed by atoms with E-state index in [9.17, 15) is 9.18 Å². The second-order valence-electron chi connectivity index (χ2n) is 5.43. The van der Waals surface area contributed by atoms with Gasteiger partial charge in [-0.3, -0.25) is 4.79 Å². The van der Waals surface area contributed by atoms with Crippen molar-refractivity contribution in [3.05, 3.63) is 33.0 Å². The highest BCUT2D eigenvalue weighted by Crippen LogP contribution is 2.38. The molecule has 0 spiro atoms. The molecule has 5 heteroatoms. The lowest BCUT2D eigenvalue weighted by Crippen LogP contribution is -2.44. The summed E-state index contributed by atoms with van der Waals surface area (Å²) in [6.07, 6.45) is 3.06. The smallest absolute Gasteiger partial charge is 0.197 e. The van der Waals surface area contributed by atoms with Crippen molar-refractivity contribution >= 4 is 33.3 Å². The standard InChI is InChI=1S/C15H17BrClFO2/c1-9-5-7-15(20-2,8-6-9)14(19)10-3-4-11(16)12(17)13(10)18/h3-4,9H,5-8H2,1-2H3. The first kappa shape index (κ1) is 15.9. The predicted molar refractivity (Wildman–Crippen MR) is 80.8 cm³/mol. The molecular formula is C15H17BrClFO2. The fraction of sp³-hybridized carbons (Fsp3) is 0.533. The molecule has 0 unspecified atom stereocenters. The van der Waals surface area contributed by atoms with Crippen molar-refractivity contribution in [2.75, 3.05) is 7.11 Å². The molecule has 0 atom stereocenters. The summed E-state index contributed by atoms with van der Waals surface area (Å²) >= 11 is 9.01. The van der Waals surface area contributed by atoms with Crippen molar-refractivity contribution in [2.45, 2.75) is 38.2 Å². The van der Waals surface area contributed by atoms with Gasteiger partial charge >= 0.3 is 0 Å². The van der Waals surface area contributed by atoms with Crippen LogP contribution in [0.2, 0.25) is 5.02 Å². The van der Waals surface area contributed by atoms with Gasteiger partial charge in [0.05, 0.1) is 10.6 Å². The minimum atomic E-state index is -0.912. The number of Topliss-reactive ketones (excluding diaryl/α,β-unsaturated/α-hetero) is 1. The van der Waals surface area contributed by atoms with Crippen LogP contribution in [-0.2, 0) is 4.74 Å². The second kappa shape index (κ2) is 6.12. The summed E-state index contributed by atoms with van der Waals surface area (Å²) in [7, 11) is 1.52. The van der Waals surface area contributed by atoms with Gasteiger partial charge in [-0.1, -0.05) is 18.5 Å². The van der Waals surface area contributed by atoms with E-state index in [4.69, 9.17) is 16.3 Å². The van der Waals surface area contributed by atoms with Crippen LogP contribution in [0.4, 0.5) is 4.39 Å². The molecule has 0 radical (unpaired) electrons. The molecule has 0 N–H and O–H groups in total. The molecule has 1 aromatic rings. The lowest BCUT2D eigenvalue weighted by Gasteiger charge is -2.37. The summed E-state index contributed by atoms with van der Waals surface area (Å²) in [5.74, 6) is -0.413. The fourth-order valence-electron chi connectivity index (χ4n) is 2.70. The summed E-state index contributed by atoms with van der Waals surface area (Å²) in [4.78, 5) is 12.7. The fourth-order valence-corrected chi connectivity index (χ4v) is 3.17. The van der Waals surface area contributed by atoms with Crippen LogP contribution in [0.3, 0.4) is 0 Å². The molecule has 0 heterocycles. The number of carbonyl (C=O) groups is 1. The Morgan fingerprint density at radius 3 is 2.60 bits per heavy atom. The van der Waals surface area contributed by atoms with Crippen LogP contribution in [0.15, 0.2) is 16.6 Å². The molecule has 1 saturated carbocycles. The molecule has 0 aromatic heterocycles. The monoisotopic (exact) mass is 362 g/mol. The molecule has 0 saturated heterocycles. The van der Waals surface area contributed by atoms with Crippen LogP contribution >= 0.6 is 27.5 Å². The number of benzene rings is 1. The summed E-state index contributed by atoms with van der Waals surface area (Å²) in [6.45, 7) is 2.15. The summed E-state index contributed by atoms with van der Waals surface area (Å²) in [5.41, 5.74) is -0.903. The number of halogens is 3. The zero-order chi connectivity index (χ0) is 14.9. The van der Waals surface area contributed by atoms with Gasteiger partial charge in [0.25, 0.3) is 0 Å². The van der Waals surface area contributed by atoms with Gasteiger partial charge in [0.2, 0.25) is 0 Å². The zero-order valence-electron chi connectivity index (χ0n) is 11.5. The quantitative estimate of drug-likeness (QED) is 0.557.